The molecule has 1 unspecified atom stereocenters. The van der Waals surface area contributed by atoms with Gasteiger partial charge < -0.3 is 10.2 Å². The predicted octanol–water partition coefficient (Wildman–Crippen LogP) is 3.33. The van der Waals surface area contributed by atoms with Gasteiger partial charge in [-0.25, -0.2) is 8.78 Å². The van der Waals surface area contributed by atoms with Gasteiger partial charge in [0.25, 0.3) is 5.91 Å². The van der Waals surface area contributed by atoms with Crippen LogP contribution in [0, 0.1) is 11.6 Å². The summed E-state index contributed by atoms with van der Waals surface area (Å²) in [6.07, 6.45) is 2.04. The number of rotatable bonds is 4. The zero-order valence-corrected chi connectivity index (χ0v) is 13.7. The van der Waals surface area contributed by atoms with Gasteiger partial charge >= 0.3 is 0 Å². The van der Waals surface area contributed by atoms with E-state index in [1.54, 1.807) is 0 Å². The molecule has 1 aromatic rings. The number of hydrogen-bond donors (Lipinski definition) is 1. The zero-order valence-electron chi connectivity index (χ0n) is 12.1. The van der Waals surface area contributed by atoms with Crippen molar-refractivity contribution >= 4 is 21.8 Å². The molecule has 1 aromatic carbocycles. The maximum atomic E-state index is 14.0. The SMILES string of the molecule is CC(C)N(CC1CCCN1)C(=O)c1c(F)cc(Br)cc1F. The first-order valence-electron chi connectivity index (χ1n) is 7.09. The highest BCUT2D eigenvalue weighted by molar-refractivity contribution is 9.10. The average molecular weight is 361 g/mol. The van der Waals surface area contributed by atoms with Crippen LogP contribution in [0.15, 0.2) is 16.6 Å². The van der Waals surface area contributed by atoms with Gasteiger partial charge in [-0.15, -0.1) is 0 Å². The highest BCUT2D eigenvalue weighted by Crippen LogP contribution is 2.22. The number of hydrogen-bond acceptors (Lipinski definition) is 2. The fourth-order valence-electron chi connectivity index (χ4n) is 2.57. The molecule has 1 atom stereocenters. The number of halogens is 3. The number of amides is 1. The first-order valence-corrected chi connectivity index (χ1v) is 7.88. The molecule has 1 fully saturated rings. The molecule has 1 amide bonds. The van der Waals surface area contributed by atoms with E-state index in [9.17, 15) is 13.6 Å². The van der Waals surface area contributed by atoms with Crippen LogP contribution in [0.5, 0.6) is 0 Å². The summed E-state index contributed by atoms with van der Waals surface area (Å²) < 4.78 is 28.2. The maximum absolute atomic E-state index is 14.0. The van der Waals surface area contributed by atoms with Gasteiger partial charge in [0.2, 0.25) is 0 Å². The molecule has 0 bridgehead atoms. The van der Waals surface area contributed by atoms with Crippen LogP contribution in [0.2, 0.25) is 0 Å². The van der Waals surface area contributed by atoms with E-state index in [2.05, 4.69) is 21.2 Å². The zero-order chi connectivity index (χ0) is 15.6. The second kappa shape index (κ2) is 6.83. The topological polar surface area (TPSA) is 32.3 Å². The molecular weight excluding hydrogens is 342 g/mol. The second-order valence-electron chi connectivity index (χ2n) is 5.59. The summed E-state index contributed by atoms with van der Waals surface area (Å²) in [4.78, 5) is 14.1. The van der Waals surface area contributed by atoms with Crippen LogP contribution in [-0.4, -0.2) is 36.0 Å². The molecule has 1 saturated heterocycles. The lowest BCUT2D eigenvalue weighted by Gasteiger charge is -2.30. The molecule has 0 spiro atoms. The van der Waals surface area contributed by atoms with Crippen molar-refractivity contribution in [1.82, 2.24) is 10.2 Å². The van der Waals surface area contributed by atoms with Crippen molar-refractivity contribution < 1.29 is 13.6 Å². The summed E-state index contributed by atoms with van der Waals surface area (Å²) in [7, 11) is 0. The normalized spacial score (nSPS) is 18.3. The second-order valence-corrected chi connectivity index (χ2v) is 6.50. The van der Waals surface area contributed by atoms with Gasteiger partial charge in [0.05, 0.1) is 0 Å². The molecule has 1 heterocycles. The first kappa shape index (κ1) is 16.4. The molecule has 6 heteroatoms. The molecule has 0 radical (unpaired) electrons. The van der Waals surface area contributed by atoms with E-state index >= 15 is 0 Å². The van der Waals surface area contributed by atoms with E-state index in [1.165, 1.54) is 4.90 Å². The number of benzene rings is 1. The van der Waals surface area contributed by atoms with Crippen LogP contribution < -0.4 is 5.32 Å². The molecule has 21 heavy (non-hydrogen) atoms. The summed E-state index contributed by atoms with van der Waals surface area (Å²) >= 11 is 3.02. The molecule has 0 aliphatic carbocycles. The van der Waals surface area contributed by atoms with Crippen molar-refractivity contribution in [3.05, 3.63) is 33.8 Å². The van der Waals surface area contributed by atoms with Crippen LogP contribution in [0.4, 0.5) is 8.78 Å². The highest BCUT2D eigenvalue weighted by atomic mass is 79.9. The highest BCUT2D eigenvalue weighted by Gasteiger charge is 2.28. The lowest BCUT2D eigenvalue weighted by molar-refractivity contribution is 0.0679. The van der Waals surface area contributed by atoms with Crippen LogP contribution in [-0.2, 0) is 0 Å². The smallest absolute Gasteiger partial charge is 0.260 e. The minimum atomic E-state index is -0.836. The molecule has 0 saturated carbocycles. The van der Waals surface area contributed by atoms with Crippen LogP contribution >= 0.6 is 15.9 Å². The Bertz CT molecular complexity index is 507. The molecule has 3 nitrogen and oxygen atoms in total. The minimum absolute atomic E-state index is 0.123. The predicted molar refractivity (Wildman–Crippen MR) is 81.3 cm³/mol. The van der Waals surface area contributed by atoms with Crippen molar-refractivity contribution in [1.29, 1.82) is 0 Å². The van der Waals surface area contributed by atoms with E-state index in [1.807, 2.05) is 13.8 Å². The Hall–Kier alpha value is -1.01. The summed E-state index contributed by atoms with van der Waals surface area (Å²) in [5, 5.41) is 3.30. The maximum Gasteiger partial charge on any atom is 0.260 e. The van der Waals surface area contributed by atoms with Gasteiger partial charge in [-0.3, -0.25) is 4.79 Å². The van der Waals surface area contributed by atoms with Gasteiger partial charge in [0, 0.05) is 23.1 Å². The molecule has 0 aromatic heterocycles. The van der Waals surface area contributed by atoms with Gasteiger partial charge in [-0.05, 0) is 45.4 Å². The van der Waals surface area contributed by atoms with Crippen LogP contribution in [0.3, 0.4) is 0 Å². The van der Waals surface area contributed by atoms with Crippen molar-refractivity contribution in [2.24, 2.45) is 0 Å². The third-order valence-electron chi connectivity index (χ3n) is 3.68. The Labute approximate surface area is 131 Å². The lowest BCUT2D eigenvalue weighted by Crippen LogP contribution is -2.45. The fourth-order valence-corrected chi connectivity index (χ4v) is 2.97. The fraction of sp³-hybridized carbons (Fsp3) is 0.533. The monoisotopic (exact) mass is 360 g/mol. The van der Waals surface area contributed by atoms with E-state index in [0.29, 0.717) is 6.54 Å². The lowest BCUT2D eigenvalue weighted by atomic mass is 10.1. The number of carbonyl (C=O) groups excluding carboxylic acids is 1. The molecule has 1 N–H and O–H groups in total. The molecule has 2 rings (SSSR count). The van der Waals surface area contributed by atoms with Crippen molar-refractivity contribution in [3.8, 4) is 0 Å². The molecular formula is C15H19BrF2N2O. The number of carbonyl (C=O) groups is 1. The third kappa shape index (κ3) is 3.80. The summed E-state index contributed by atoms with van der Waals surface area (Å²) in [6.45, 7) is 5.08. The standard InChI is InChI=1S/C15H19BrF2N2O/c1-9(2)20(8-11-4-3-5-19-11)15(21)14-12(17)6-10(16)7-13(14)18/h6-7,9,11,19H,3-5,8H2,1-2H3. The summed E-state index contributed by atoms with van der Waals surface area (Å²) in [5.41, 5.74) is -0.482. The quantitative estimate of drug-likeness (QED) is 0.892. The van der Waals surface area contributed by atoms with E-state index in [4.69, 9.17) is 0 Å². The average Bonchev–Trinajstić information content (AvgIpc) is 2.86. The van der Waals surface area contributed by atoms with Crippen LogP contribution in [0.1, 0.15) is 37.0 Å². The number of nitrogens with one attached hydrogen (secondary N) is 1. The van der Waals surface area contributed by atoms with Gasteiger partial charge in [0.15, 0.2) is 0 Å². The van der Waals surface area contributed by atoms with Gasteiger partial charge in [-0.1, -0.05) is 15.9 Å². The summed E-state index contributed by atoms with van der Waals surface area (Å²) in [5.74, 6) is -2.27. The minimum Gasteiger partial charge on any atom is -0.334 e. The van der Waals surface area contributed by atoms with E-state index in [0.717, 1.165) is 31.5 Å². The van der Waals surface area contributed by atoms with Crippen LogP contribution in [0.25, 0.3) is 0 Å². The molecule has 1 aliphatic heterocycles. The van der Waals surface area contributed by atoms with Gasteiger partial charge in [0.1, 0.15) is 17.2 Å². The van der Waals surface area contributed by atoms with Crippen molar-refractivity contribution in [3.63, 3.8) is 0 Å². The Balaban J connectivity index is 2.26. The Morgan fingerprint density at radius 2 is 2.05 bits per heavy atom. The van der Waals surface area contributed by atoms with Crippen molar-refractivity contribution in [2.45, 2.75) is 38.8 Å². The third-order valence-corrected chi connectivity index (χ3v) is 4.14. The molecule has 1 aliphatic rings. The summed E-state index contributed by atoms with van der Waals surface area (Å²) in [6, 6.07) is 2.30. The Kier molecular flexibility index (Phi) is 5.32. The first-order chi connectivity index (χ1) is 9.90. The van der Waals surface area contributed by atoms with E-state index in [-0.39, 0.29) is 16.6 Å². The number of nitrogens with zero attached hydrogens (tertiary/aromatic N) is 1. The van der Waals surface area contributed by atoms with E-state index < -0.39 is 23.1 Å². The Morgan fingerprint density at radius 3 is 2.52 bits per heavy atom. The Morgan fingerprint density at radius 1 is 1.43 bits per heavy atom. The molecule has 116 valence electrons. The van der Waals surface area contributed by atoms with Gasteiger partial charge in [-0.2, -0.15) is 0 Å². The van der Waals surface area contributed by atoms with Crippen molar-refractivity contribution in [2.75, 3.05) is 13.1 Å². The largest absolute Gasteiger partial charge is 0.334 e.